The minimum atomic E-state index is -4.52. The molecule has 0 spiro atoms. The zero-order valence-electron chi connectivity index (χ0n) is 21.9. The van der Waals surface area contributed by atoms with Crippen molar-refractivity contribution in [2.75, 3.05) is 0 Å². The fraction of sp³-hybridized carbons (Fsp3) is 0.536. The summed E-state index contributed by atoms with van der Waals surface area (Å²) in [7, 11) is 0. The molecule has 1 N–H and O–H groups in total. The Hall–Kier alpha value is -2.58. The molecule has 202 valence electrons. The number of halogens is 3. The molecule has 1 atom stereocenters. The van der Waals surface area contributed by atoms with E-state index in [4.69, 9.17) is 4.89 Å². The van der Waals surface area contributed by atoms with Crippen molar-refractivity contribution in [3.8, 4) is 5.75 Å². The first-order valence-electron chi connectivity index (χ1n) is 12.0. The second-order valence-corrected chi connectivity index (χ2v) is 10.6. The van der Waals surface area contributed by atoms with Gasteiger partial charge < -0.3 is 10.2 Å². The van der Waals surface area contributed by atoms with Crippen LogP contribution in [-0.4, -0.2) is 16.7 Å². The second-order valence-electron chi connectivity index (χ2n) is 10.6. The van der Waals surface area contributed by atoms with Crippen molar-refractivity contribution in [1.82, 2.24) is 0 Å². The summed E-state index contributed by atoms with van der Waals surface area (Å²) < 4.78 is 39.2. The van der Waals surface area contributed by atoms with E-state index in [0.717, 1.165) is 18.1 Å². The monoisotopic (exact) mass is 511 g/mol. The highest BCUT2D eigenvalue weighted by atomic mass is 19.4. The Morgan fingerprint density at radius 2 is 1.67 bits per heavy atom. The summed E-state index contributed by atoms with van der Waals surface area (Å²) in [6.07, 6.45) is -3.73. The van der Waals surface area contributed by atoms with Gasteiger partial charge in [0.15, 0.2) is 5.75 Å². The maximum atomic E-state index is 13.1. The Balaban J connectivity index is 0.000000613. The lowest BCUT2D eigenvalue weighted by atomic mass is 9.84. The van der Waals surface area contributed by atoms with Crippen LogP contribution in [0.1, 0.15) is 90.0 Å². The van der Waals surface area contributed by atoms with Gasteiger partial charge in [-0.3, -0.25) is 9.78 Å². The van der Waals surface area contributed by atoms with Gasteiger partial charge >= 0.3 is 12.1 Å². The first-order chi connectivity index (χ1) is 16.5. The van der Waals surface area contributed by atoms with E-state index in [1.807, 2.05) is 6.92 Å². The molecule has 0 aliphatic carbocycles. The largest absolute Gasteiger partial charge is 0.850 e. The molecule has 36 heavy (non-hydrogen) atoms. The quantitative estimate of drug-likeness (QED) is 0.304. The smallest absolute Gasteiger partial charge is 0.416 e. The number of alkyl halides is 3. The summed E-state index contributed by atoms with van der Waals surface area (Å²) in [6, 6.07) is 11.6. The van der Waals surface area contributed by atoms with Crippen LogP contribution in [0.4, 0.5) is 13.2 Å². The lowest BCUT2D eigenvalue weighted by molar-refractivity contribution is -0.470. The molecule has 0 heterocycles. The van der Waals surface area contributed by atoms with Gasteiger partial charge in [0, 0.05) is 6.42 Å². The third-order valence-electron chi connectivity index (χ3n) is 4.87. The summed E-state index contributed by atoms with van der Waals surface area (Å²) in [5, 5.41) is 21.3. The van der Waals surface area contributed by atoms with E-state index in [0.29, 0.717) is 18.6 Å². The minimum Gasteiger partial charge on any atom is -0.850 e. The Morgan fingerprint density at radius 3 is 2.19 bits per heavy atom. The molecule has 0 radical (unpaired) electrons. The molecule has 1 unspecified atom stereocenters. The maximum absolute atomic E-state index is 13.1. The predicted molar refractivity (Wildman–Crippen MR) is 131 cm³/mol. The fourth-order valence-corrected chi connectivity index (χ4v) is 3.88. The van der Waals surface area contributed by atoms with E-state index < -0.39 is 29.4 Å². The first kappa shape index (κ1) is 31.4. The highest BCUT2D eigenvalue weighted by molar-refractivity contribution is 5.68. The van der Waals surface area contributed by atoms with Crippen molar-refractivity contribution < 1.29 is 38.0 Å². The number of aliphatic hydroxyl groups excluding tert-OH is 1. The van der Waals surface area contributed by atoms with Crippen LogP contribution in [0.5, 0.6) is 5.75 Å². The Labute approximate surface area is 212 Å². The van der Waals surface area contributed by atoms with Gasteiger partial charge in [-0.05, 0) is 54.0 Å². The van der Waals surface area contributed by atoms with Crippen LogP contribution in [0.2, 0.25) is 0 Å². The van der Waals surface area contributed by atoms with E-state index in [9.17, 15) is 28.2 Å². The Bertz CT molecular complexity index is 931. The van der Waals surface area contributed by atoms with Gasteiger partial charge in [0.2, 0.25) is 0 Å². The second kappa shape index (κ2) is 13.7. The van der Waals surface area contributed by atoms with Crippen LogP contribution in [-0.2, 0) is 22.3 Å². The molecule has 2 aromatic carbocycles. The van der Waals surface area contributed by atoms with E-state index >= 15 is 0 Å². The normalized spacial score (nSPS) is 12.9. The number of carbonyl (C=O) groups is 1. The highest BCUT2D eigenvalue weighted by Gasteiger charge is 2.34. The van der Waals surface area contributed by atoms with Crippen LogP contribution in [0.25, 0.3) is 0 Å². The van der Waals surface area contributed by atoms with Gasteiger partial charge in [-0.1, -0.05) is 78.3 Å². The molecule has 0 saturated carbocycles. The topological polar surface area (TPSA) is 78.8 Å². The van der Waals surface area contributed by atoms with Crippen LogP contribution in [0.3, 0.4) is 0 Å². The van der Waals surface area contributed by atoms with Crippen LogP contribution < -0.4 is 9.99 Å². The zero-order chi connectivity index (χ0) is 27.6. The van der Waals surface area contributed by atoms with Crippen molar-refractivity contribution in [2.45, 2.75) is 91.5 Å². The van der Waals surface area contributed by atoms with Crippen LogP contribution in [0.15, 0.2) is 48.5 Å². The number of aliphatic hydroxyl groups is 1. The molecule has 0 aliphatic heterocycles. The predicted octanol–water partition coefficient (Wildman–Crippen LogP) is 6.57. The standard InChI is InChI=1S/C20H21F3O4.C8H17O/c1-2-6-19(25)27-26-15-8-5-7-14(13-15)11-12-18(24)16-9-3-4-10-17(16)20(21,22)23;1-7(2,3)6-8(4,5)9/h3-5,7-10,13,18,24H,2,6,11-12H2,1H3;6H2,1-5H3/q;-1. The van der Waals surface area contributed by atoms with Crippen molar-refractivity contribution in [3.63, 3.8) is 0 Å². The molecule has 8 heteroatoms. The Morgan fingerprint density at radius 1 is 1.03 bits per heavy atom. The summed E-state index contributed by atoms with van der Waals surface area (Å²) >= 11 is 0. The molecule has 0 amide bonds. The van der Waals surface area contributed by atoms with Crippen molar-refractivity contribution in [1.29, 1.82) is 0 Å². The van der Waals surface area contributed by atoms with Crippen LogP contribution >= 0.6 is 0 Å². The molecule has 0 aliphatic rings. The van der Waals surface area contributed by atoms with Gasteiger partial charge in [0.05, 0.1) is 11.7 Å². The van der Waals surface area contributed by atoms with Gasteiger partial charge in [-0.25, -0.2) is 4.79 Å². The number of aryl methyl sites for hydroxylation is 1. The third kappa shape index (κ3) is 12.9. The molecule has 0 bridgehead atoms. The summed E-state index contributed by atoms with van der Waals surface area (Å²) in [6.45, 7) is 11.6. The molecule has 5 nitrogen and oxygen atoms in total. The van der Waals surface area contributed by atoms with Gasteiger partial charge in [-0.2, -0.15) is 13.2 Å². The average molecular weight is 512 g/mol. The number of hydrogen-bond donors (Lipinski definition) is 1. The lowest BCUT2D eigenvalue weighted by Crippen LogP contribution is -2.40. The third-order valence-corrected chi connectivity index (χ3v) is 4.87. The van der Waals surface area contributed by atoms with Crippen LogP contribution in [0, 0.1) is 5.41 Å². The van der Waals surface area contributed by atoms with Crippen molar-refractivity contribution in [2.24, 2.45) is 5.41 Å². The zero-order valence-corrected chi connectivity index (χ0v) is 21.9. The molecular formula is C28H38F3O5-. The van der Waals surface area contributed by atoms with Gasteiger partial charge in [-0.15, -0.1) is 5.60 Å². The molecular weight excluding hydrogens is 473 g/mol. The van der Waals surface area contributed by atoms with Crippen molar-refractivity contribution >= 4 is 5.97 Å². The number of carbonyl (C=O) groups excluding carboxylic acids is 1. The average Bonchev–Trinajstić information content (AvgIpc) is 2.74. The number of rotatable bonds is 9. The molecule has 0 saturated heterocycles. The molecule has 0 fully saturated rings. The van der Waals surface area contributed by atoms with E-state index in [2.05, 4.69) is 25.7 Å². The highest BCUT2D eigenvalue weighted by Crippen LogP contribution is 2.35. The van der Waals surface area contributed by atoms with E-state index in [1.165, 1.54) is 18.2 Å². The maximum Gasteiger partial charge on any atom is 0.416 e. The fourth-order valence-electron chi connectivity index (χ4n) is 3.88. The molecule has 2 aromatic rings. The lowest BCUT2D eigenvalue weighted by Gasteiger charge is -2.38. The number of benzene rings is 2. The summed E-state index contributed by atoms with van der Waals surface area (Å²) in [5.74, 6) is -0.177. The van der Waals surface area contributed by atoms with E-state index in [1.54, 1.807) is 38.1 Å². The SMILES string of the molecule is CC(C)(C)CC(C)(C)[O-].CCCC(=O)OOc1cccc(CCC(O)c2ccccc2C(F)(F)F)c1. The summed E-state index contributed by atoms with van der Waals surface area (Å²) in [4.78, 5) is 20.9. The molecule has 2 rings (SSSR count). The molecule has 0 aromatic heterocycles. The minimum absolute atomic E-state index is 0.103. The van der Waals surface area contributed by atoms with E-state index in [-0.39, 0.29) is 23.8 Å². The first-order valence-corrected chi connectivity index (χ1v) is 12.0. The van der Waals surface area contributed by atoms with Gasteiger partial charge in [0.25, 0.3) is 0 Å². The summed E-state index contributed by atoms with van der Waals surface area (Å²) in [5.41, 5.74) is -0.838. The Kier molecular flexibility index (Phi) is 11.9. The number of hydrogen-bond acceptors (Lipinski definition) is 5. The van der Waals surface area contributed by atoms with Gasteiger partial charge in [0.1, 0.15) is 0 Å². The van der Waals surface area contributed by atoms with Crippen molar-refractivity contribution in [3.05, 3.63) is 65.2 Å².